The lowest BCUT2D eigenvalue weighted by Gasteiger charge is -2.12. The first-order valence-electron chi connectivity index (χ1n) is 8.63. The number of nitrogens with zero attached hydrogens (tertiary/aromatic N) is 1. The van der Waals surface area contributed by atoms with Crippen molar-refractivity contribution in [2.45, 2.75) is 24.7 Å². The average molecular weight is 368 g/mol. The van der Waals surface area contributed by atoms with Crippen molar-refractivity contribution in [1.29, 1.82) is 0 Å². The van der Waals surface area contributed by atoms with Gasteiger partial charge in [0.05, 0.1) is 23.1 Å². The van der Waals surface area contributed by atoms with Crippen molar-refractivity contribution in [3.05, 3.63) is 59.1 Å². The number of amides is 1. The third-order valence-electron chi connectivity index (χ3n) is 4.78. The number of carbonyl (C=O) groups excluding carboxylic acids is 1. The van der Waals surface area contributed by atoms with E-state index < -0.39 is 5.41 Å². The lowest BCUT2D eigenvalue weighted by Crippen LogP contribution is -2.36. The molecule has 1 aliphatic rings. The number of methoxy groups -OCH3 is 1. The van der Waals surface area contributed by atoms with Crippen LogP contribution in [0, 0.1) is 0 Å². The summed E-state index contributed by atoms with van der Waals surface area (Å²) in [5, 5.41) is 9.22. The highest BCUT2D eigenvalue weighted by atomic mass is 32.1. The van der Waals surface area contributed by atoms with Crippen molar-refractivity contribution in [2.75, 3.05) is 13.7 Å². The summed E-state index contributed by atoms with van der Waals surface area (Å²) >= 11 is 1.60. The minimum absolute atomic E-state index is 0.0337. The molecule has 3 aromatic rings. The van der Waals surface area contributed by atoms with Gasteiger partial charge in [0.1, 0.15) is 5.75 Å². The first-order valence-corrected chi connectivity index (χ1v) is 9.51. The average Bonchev–Trinajstić information content (AvgIpc) is 3.09. The Kier molecular flexibility index (Phi) is 4.51. The van der Waals surface area contributed by atoms with Gasteiger partial charge in [-0.3, -0.25) is 4.79 Å². The van der Waals surface area contributed by atoms with Gasteiger partial charge in [-0.2, -0.15) is 0 Å². The Morgan fingerprint density at radius 1 is 1.31 bits per heavy atom. The standard InChI is InChI=1S/C20H20N2O3S/c1-24-15-5-2-4-14(12-15)7-10-21-19(23)20(8-9-20)18-13-16(25-22-18)17-6-3-11-26-17/h2-6,11-13H,7-10H2,1H3,(H,21,23). The predicted molar refractivity (Wildman–Crippen MR) is 100 cm³/mol. The van der Waals surface area contributed by atoms with Crippen LogP contribution in [-0.2, 0) is 16.6 Å². The molecule has 1 aliphatic carbocycles. The van der Waals surface area contributed by atoms with Crippen LogP contribution in [0.1, 0.15) is 24.1 Å². The van der Waals surface area contributed by atoms with E-state index in [1.165, 1.54) is 0 Å². The maximum Gasteiger partial charge on any atom is 0.232 e. The number of benzene rings is 1. The Balaban J connectivity index is 1.38. The highest BCUT2D eigenvalue weighted by Gasteiger charge is 2.53. The minimum Gasteiger partial charge on any atom is -0.497 e. The summed E-state index contributed by atoms with van der Waals surface area (Å²) in [5.74, 6) is 1.59. The highest BCUT2D eigenvalue weighted by Crippen LogP contribution is 2.48. The molecule has 134 valence electrons. The van der Waals surface area contributed by atoms with Crippen LogP contribution in [0.15, 0.2) is 52.4 Å². The Hall–Kier alpha value is -2.60. The van der Waals surface area contributed by atoms with Gasteiger partial charge in [0.2, 0.25) is 5.91 Å². The largest absolute Gasteiger partial charge is 0.497 e. The molecule has 1 N–H and O–H groups in total. The fourth-order valence-electron chi connectivity index (χ4n) is 3.08. The van der Waals surface area contributed by atoms with Gasteiger partial charge in [0.25, 0.3) is 0 Å². The molecule has 0 bridgehead atoms. The third-order valence-corrected chi connectivity index (χ3v) is 5.67. The number of rotatable bonds is 7. The van der Waals surface area contributed by atoms with E-state index >= 15 is 0 Å². The first-order chi connectivity index (χ1) is 12.7. The molecule has 0 atom stereocenters. The molecule has 0 saturated heterocycles. The quantitative estimate of drug-likeness (QED) is 0.689. The highest BCUT2D eigenvalue weighted by molar-refractivity contribution is 7.13. The van der Waals surface area contributed by atoms with E-state index in [1.54, 1.807) is 18.4 Å². The Morgan fingerprint density at radius 2 is 2.19 bits per heavy atom. The normalized spacial score (nSPS) is 14.8. The number of thiophene rings is 1. The van der Waals surface area contributed by atoms with Crippen LogP contribution in [0.3, 0.4) is 0 Å². The lowest BCUT2D eigenvalue weighted by atomic mass is 10.0. The molecule has 1 aromatic carbocycles. The van der Waals surface area contributed by atoms with Crippen molar-refractivity contribution in [1.82, 2.24) is 10.5 Å². The van der Waals surface area contributed by atoms with Gasteiger partial charge >= 0.3 is 0 Å². The van der Waals surface area contributed by atoms with E-state index in [-0.39, 0.29) is 5.91 Å². The van der Waals surface area contributed by atoms with E-state index in [4.69, 9.17) is 9.26 Å². The Bertz CT molecular complexity index is 897. The van der Waals surface area contributed by atoms with Crippen LogP contribution in [0.25, 0.3) is 10.6 Å². The maximum atomic E-state index is 12.7. The van der Waals surface area contributed by atoms with E-state index in [1.807, 2.05) is 47.8 Å². The molecule has 26 heavy (non-hydrogen) atoms. The van der Waals surface area contributed by atoms with Crippen LogP contribution in [0.5, 0.6) is 5.75 Å². The van der Waals surface area contributed by atoms with E-state index in [9.17, 15) is 4.79 Å². The van der Waals surface area contributed by atoms with Crippen LogP contribution in [-0.4, -0.2) is 24.7 Å². The topological polar surface area (TPSA) is 64.4 Å². The smallest absolute Gasteiger partial charge is 0.232 e. The van der Waals surface area contributed by atoms with E-state index in [0.717, 1.165) is 46.9 Å². The zero-order valence-electron chi connectivity index (χ0n) is 14.5. The number of nitrogens with one attached hydrogen (secondary N) is 1. The van der Waals surface area contributed by atoms with Crippen LogP contribution in [0.4, 0.5) is 0 Å². The summed E-state index contributed by atoms with van der Waals surface area (Å²) in [4.78, 5) is 13.7. The SMILES string of the molecule is COc1cccc(CCNC(=O)C2(c3cc(-c4cccs4)on3)CC2)c1. The molecule has 5 nitrogen and oxygen atoms in total. The summed E-state index contributed by atoms with van der Waals surface area (Å²) in [6, 6.07) is 13.8. The molecule has 2 heterocycles. The van der Waals surface area contributed by atoms with Crippen LogP contribution < -0.4 is 10.1 Å². The predicted octanol–water partition coefficient (Wildman–Crippen LogP) is 3.80. The summed E-state index contributed by atoms with van der Waals surface area (Å²) in [6.07, 6.45) is 2.39. The zero-order valence-corrected chi connectivity index (χ0v) is 15.3. The fourth-order valence-corrected chi connectivity index (χ4v) is 3.75. The first kappa shape index (κ1) is 16.8. The lowest BCUT2D eigenvalue weighted by molar-refractivity contribution is -0.123. The molecular weight excluding hydrogens is 348 g/mol. The molecule has 0 aliphatic heterocycles. The van der Waals surface area contributed by atoms with Crippen LogP contribution >= 0.6 is 11.3 Å². The number of hydrogen-bond donors (Lipinski definition) is 1. The molecule has 0 unspecified atom stereocenters. The molecule has 4 rings (SSSR count). The molecule has 6 heteroatoms. The second-order valence-electron chi connectivity index (χ2n) is 6.49. The molecule has 0 radical (unpaired) electrons. The molecular formula is C20H20N2O3S. The minimum atomic E-state index is -0.520. The van der Waals surface area contributed by atoms with Gasteiger partial charge in [-0.1, -0.05) is 23.4 Å². The van der Waals surface area contributed by atoms with Gasteiger partial charge in [0.15, 0.2) is 5.76 Å². The Morgan fingerprint density at radius 3 is 2.92 bits per heavy atom. The molecule has 2 aromatic heterocycles. The second-order valence-corrected chi connectivity index (χ2v) is 7.44. The summed E-state index contributed by atoms with van der Waals surface area (Å²) in [7, 11) is 1.65. The number of ether oxygens (including phenoxy) is 1. The zero-order chi connectivity index (χ0) is 18.0. The fraction of sp³-hybridized carbons (Fsp3) is 0.300. The monoisotopic (exact) mass is 368 g/mol. The van der Waals surface area contributed by atoms with Gasteiger partial charge in [-0.25, -0.2) is 0 Å². The van der Waals surface area contributed by atoms with E-state index in [0.29, 0.717) is 6.54 Å². The van der Waals surface area contributed by atoms with Crippen molar-refractivity contribution >= 4 is 17.2 Å². The maximum absolute atomic E-state index is 12.7. The van der Waals surface area contributed by atoms with Gasteiger partial charge in [-0.05, 0) is 48.4 Å². The molecule has 0 spiro atoms. The van der Waals surface area contributed by atoms with E-state index in [2.05, 4.69) is 10.5 Å². The number of aromatic nitrogens is 1. The summed E-state index contributed by atoms with van der Waals surface area (Å²) in [6.45, 7) is 0.587. The number of hydrogen-bond acceptors (Lipinski definition) is 5. The molecule has 1 fully saturated rings. The van der Waals surface area contributed by atoms with Crippen molar-refractivity contribution in [3.8, 4) is 16.4 Å². The summed E-state index contributed by atoms with van der Waals surface area (Å²) < 4.78 is 10.7. The van der Waals surface area contributed by atoms with Crippen molar-refractivity contribution < 1.29 is 14.1 Å². The molecule has 1 amide bonds. The number of carbonyl (C=O) groups is 1. The second kappa shape index (κ2) is 6.96. The Labute approximate surface area is 156 Å². The molecule has 1 saturated carbocycles. The third kappa shape index (κ3) is 3.24. The summed E-state index contributed by atoms with van der Waals surface area (Å²) in [5.41, 5.74) is 1.35. The van der Waals surface area contributed by atoms with Crippen LogP contribution in [0.2, 0.25) is 0 Å². The van der Waals surface area contributed by atoms with Crippen molar-refractivity contribution in [3.63, 3.8) is 0 Å². The van der Waals surface area contributed by atoms with Gasteiger partial charge in [-0.15, -0.1) is 11.3 Å². The van der Waals surface area contributed by atoms with Crippen molar-refractivity contribution in [2.24, 2.45) is 0 Å². The van der Waals surface area contributed by atoms with Gasteiger partial charge < -0.3 is 14.6 Å². The van der Waals surface area contributed by atoms with Gasteiger partial charge in [0, 0.05) is 12.6 Å².